The molecular weight excluding hydrogens is 360 g/mol. The van der Waals surface area contributed by atoms with Crippen LogP contribution in [0.4, 0.5) is 16.3 Å². The van der Waals surface area contributed by atoms with Crippen LogP contribution in [0.1, 0.15) is 5.82 Å². The number of rotatable bonds is 6. The second-order valence-corrected chi connectivity index (χ2v) is 6.12. The van der Waals surface area contributed by atoms with Crippen LogP contribution < -0.4 is 25.4 Å². The van der Waals surface area contributed by atoms with Gasteiger partial charge >= 0.3 is 6.03 Å². The highest BCUT2D eigenvalue weighted by molar-refractivity contribution is 5.89. The average molecular weight is 380 g/mol. The van der Waals surface area contributed by atoms with Gasteiger partial charge in [0.1, 0.15) is 17.5 Å². The Balaban J connectivity index is 1.26. The number of aryl methyl sites for hydroxylation is 1. The van der Waals surface area contributed by atoms with Crippen molar-refractivity contribution >= 4 is 17.5 Å². The fraction of sp³-hybridized carbons (Fsp3) is 0.211. The van der Waals surface area contributed by atoms with Gasteiger partial charge in [-0.2, -0.15) is 0 Å². The highest BCUT2D eigenvalue weighted by Gasteiger charge is 2.14. The first kappa shape index (κ1) is 17.7. The summed E-state index contributed by atoms with van der Waals surface area (Å²) < 4.78 is 12.5. The van der Waals surface area contributed by atoms with Gasteiger partial charge in [0.05, 0.1) is 0 Å². The molecule has 0 saturated carbocycles. The Morgan fingerprint density at radius 3 is 2.79 bits per heavy atom. The number of ether oxygens (including phenoxy) is 2. The Hall–Kier alpha value is -3.75. The van der Waals surface area contributed by atoms with E-state index in [9.17, 15) is 4.79 Å². The Labute approximate surface area is 161 Å². The van der Waals surface area contributed by atoms with Gasteiger partial charge in [0.25, 0.3) is 0 Å². The van der Waals surface area contributed by atoms with Crippen LogP contribution in [0.2, 0.25) is 0 Å². The first-order valence-electron chi connectivity index (χ1n) is 8.85. The van der Waals surface area contributed by atoms with Gasteiger partial charge in [0.15, 0.2) is 11.5 Å². The van der Waals surface area contributed by atoms with Crippen molar-refractivity contribution in [1.82, 2.24) is 19.9 Å². The summed E-state index contributed by atoms with van der Waals surface area (Å²) in [6.45, 7) is 2.99. The van der Waals surface area contributed by atoms with Crippen LogP contribution in [-0.4, -0.2) is 40.4 Å². The fourth-order valence-corrected chi connectivity index (χ4v) is 2.78. The van der Waals surface area contributed by atoms with Crippen LogP contribution in [0.15, 0.2) is 48.8 Å². The number of carbonyl (C=O) groups is 1. The number of benzene rings is 1. The number of aromatic nitrogens is 3. The monoisotopic (exact) mass is 380 g/mol. The average Bonchev–Trinajstić information content (AvgIpc) is 3.36. The second-order valence-electron chi connectivity index (χ2n) is 6.12. The molecule has 28 heavy (non-hydrogen) atoms. The van der Waals surface area contributed by atoms with E-state index in [4.69, 9.17) is 9.47 Å². The minimum Gasteiger partial charge on any atom is -0.454 e. The first-order valence-corrected chi connectivity index (χ1v) is 8.85. The number of carbonyl (C=O) groups excluding carboxylic acids is 1. The molecule has 3 aromatic rings. The van der Waals surface area contributed by atoms with E-state index in [0.717, 1.165) is 5.82 Å². The standard InChI is InChI=1S/C19H20N6O3/c1-13-22-17(11-18(23-13)25-8-2-3-9-25)20-6-7-21-19(26)24-14-4-5-15-16(10-14)28-12-27-15/h2-5,8-11H,6-7,12H2,1H3,(H,20,22,23)(H2,21,24,26). The van der Waals surface area contributed by atoms with Crippen LogP contribution in [0, 0.1) is 6.92 Å². The van der Waals surface area contributed by atoms with Gasteiger partial charge in [-0.3, -0.25) is 0 Å². The summed E-state index contributed by atoms with van der Waals surface area (Å²) in [4.78, 5) is 20.8. The number of nitrogens with zero attached hydrogens (tertiary/aromatic N) is 3. The molecule has 9 nitrogen and oxygen atoms in total. The molecule has 1 aliphatic rings. The van der Waals surface area contributed by atoms with Crippen molar-refractivity contribution in [3.8, 4) is 17.3 Å². The topological polar surface area (TPSA) is 102 Å². The Kier molecular flexibility index (Phi) is 4.96. The zero-order valence-corrected chi connectivity index (χ0v) is 15.3. The molecule has 2 aromatic heterocycles. The summed E-state index contributed by atoms with van der Waals surface area (Å²) in [5.74, 6) is 3.46. The largest absolute Gasteiger partial charge is 0.454 e. The molecule has 0 fully saturated rings. The molecule has 0 aliphatic carbocycles. The Morgan fingerprint density at radius 1 is 1.11 bits per heavy atom. The highest BCUT2D eigenvalue weighted by Crippen LogP contribution is 2.34. The van der Waals surface area contributed by atoms with E-state index in [1.807, 2.05) is 42.1 Å². The molecular formula is C19H20N6O3. The molecule has 3 N–H and O–H groups in total. The quantitative estimate of drug-likeness (QED) is 0.568. The molecule has 0 atom stereocenters. The fourth-order valence-electron chi connectivity index (χ4n) is 2.78. The van der Waals surface area contributed by atoms with Crippen molar-refractivity contribution in [1.29, 1.82) is 0 Å². The third kappa shape index (κ3) is 4.14. The molecule has 1 aromatic carbocycles. The third-order valence-electron chi connectivity index (χ3n) is 4.04. The van der Waals surface area contributed by atoms with Crippen LogP contribution >= 0.6 is 0 Å². The normalized spacial score (nSPS) is 11.9. The molecule has 0 bridgehead atoms. The maximum atomic E-state index is 12.0. The molecule has 3 heterocycles. The van der Waals surface area contributed by atoms with Crippen LogP contribution in [0.25, 0.3) is 5.82 Å². The van der Waals surface area contributed by atoms with E-state index in [1.54, 1.807) is 18.2 Å². The lowest BCUT2D eigenvalue weighted by Crippen LogP contribution is -2.32. The zero-order chi connectivity index (χ0) is 19.3. The molecule has 9 heteroatoms. The summed E-state index contributed by atoms with van der Waals surface area (Å²) in [6, 6.07) is 10.7. The summed E-state index contributed by atoms with van der Waals surface area (Å²) >= 11 is 0. The van der Waals surface area contributed by atoms with E-state index in [2.05, 4.69) is 25.9 Å². The number of nitrogens with one attached hydrogen (secondary N) is 3. The molecule has 2 amide bonds. The maximum Gasteiger partial charge on any atom is 0.319 e. The lowest BCUT2D eigenvalue weighted by Gasteiger charge is -2.11. The second kappa shape index (κ2) is 7.87. The van der Waals surface area contributed by atoms with Gasteiger partial charge in [0.2, 0.25) is 6.79 Å². The molecule has 4 rings (SSSR count). The molecule has 0 radical (unpaired) electrons. The number of amides is 2. The van der Waals surface area contributed by atoms with Crippen molar-refractivity contribution in [3.63, 3.8) is 0 Å². The summed E-state index contributed by atoms with van der Waals surface area (Å²) in [5.41, 5.74) is 0.637. The van der Waals surface area contributed by atoms with Gasteiger partial charge in [-0.15, -0.1) is 0 Å². The number of anilines is 2. The minimum atomic E-state index is -0.299. The SMILES string of the molecule is Cc1nc(NCCNC(=O)Nc2ccc3c(c2)OCO3)cc(-n2cccc2)n1. The van der Waals surface area contributed by atoms with E-state index in [0.29, 0.717) is 41.9 Å². The van der Waals surface area contributed by atoms with Gasteiger partial charge in [-0.05, 0) is 31.2 Å². The maximum absolute atomic E-state index is 12.0. The molecule has 0 unspecified atom stereocenters. The van der Waals surface area contributed by atoms with Gasteiger partial charge < -0.3 is 30.0 Å². The van der Waals surface area contributed by atoms with Crippen molar-refractivity contribution < 1.29 is 14.3 Å². The van der Waals surface area contributed by atoms with E-state index >= 15 is 0 Å². The predicted octanol–water partition coefficient (Wildman–Crippen LogP) is 2.54. The van der Waals surface area contributed by atoms with Crippen LogP contribution in [0.5, 0.6) is 11.5 Å². The number of fused-ring (bicyclic) bond motifs is 1. The van der Waals surface area contributed by atoms with Crippen molar-refractivity contribution in [2.75, 3.05) is 30.5 Å². The number of hydrogen-bond acceptors (Lipinski definition) is 6. The van der Waals surface area contributed by atoms with E-state index in [-0.39, 0.29) is 12.8 Å². The van der Waals surface area contributed by atoms with Crippen molar-refractivity contribution in [3.05, 3.63) is 54.6 Å². The molecule has 144 valence electrons. The van der Waals surface area contributed by atoms with Crippen molar-refractivity contribution in [2.45, 2.75) is 6.92 Å². The zero-order valence-electron chi connectivity index (χ0n) is 15.3. The van der Waals surface area contributed by atoms with Gasteiger partial charge in [0, 0.05) is 43.3 Å². The highest BCUT2D eigenvalue weighted by atomic mass is 16.7. The predicted molar refractivity (Wildman–Crippen MR) is 104 cm³/mol. The van der Waals surface area contributed by atoms with Crippen LogP contribution in [0.3, 0.4) is 0 Å². The number of hydrogen-bond donors (Lipinski definition) is 3. The smallest absolute Gasteiger partial charge is 0.319 e. The third-order valence-corrected chi connectivity index (χ3v) is 4.04. The van der Waals surface area contributed by atoms with Gasteiger partial charge in [-0.25, -0.2) is 14.8 Å². The van der Waals surface area contributed by atoms with Crippen LogP contribution in [-0.2, 0) is 0 Å². The Morgan fingerprint density at radius 2 is 1.93 bits per heavy atom. The summed E-state index contributed by atoms with van der Waals surface area (Å²) in [6.07, 6.45) is 3.85. The minimum absolute atomic E-state index is 0.200. The van der Waals surface area contributed by atoms with E-state index < -0.39 is 0 Å². The molecule has 1 aliphatic heterocycles. The summed E-state index contributed by atoms with van der Waals surface area (Å²) in [5, 5.41) is 8.75. The summed E-state index contributed by atoms with van der Waals surface area (Å²) in [7, 11) is 0. The lowest BCUT2D eigenvalue weighted by molar-refractivity contribution is 0.174. The molecule has 0 spiro atoms. The van der Waals surface area contributed by atoms with Crippen molar-refractivity contribution in [2.24, 2.45) is 0 Å². The number of urea groups is 1. The first-order chi connectivity index (χ1) is 13.7. The lowest BCUT2D eigenvalue weighted by atomic mass is 10.3. The van der Waals surface area contributed by atoms with Gasteiger partial charge in [-0.1, -0.05) is 0 Å². The van der Waals surface area contributed by atoms with E-state index in [1.165, 1.54) is 0 Å². The molecule has 0 saturated heterocycles. The Bertz CT molecular complexity index is 974.